The molecule has 3 N–H and O–H groups in total. The number of amidine groups is 1. The first-order valence-corrected chi connectivity index (χ1v) is 8.24. The molecule has 27 heavy (non-hydrogen) atoms. The summed E-state index contributed by atoms with van der Waals surface area (Å²) in [4.78, 5) is 12.8. The number of aromatic nitrogens is 2. The quantitative estimate of drug-likeness (QED) is 0.283. The number of hydrogen-bond donors (Lipinski definition) is 3. The van der Waals surface area contributed by atoms with Gasteiger partial charge < -0.3 is 25.3 Å². The van der Waals surface area contributed by atoms with E-state index in [-0.39, 0.29) is 41.3 Å². The maximum absolute atomic E-state index is 13.4. The van der Waals surface area contributed by atoms with Crippen molar-refractivity contribution in [3.63, 3.8) is 0 Å². The number of ether oxygens (including phenoxy) is 1. The number of rotatable bonds is 5. The Morgan fingerprint density at radius 3 is 3.00 bits per heavy atom. The van der Waals surface area contributed by atoms with Crippen LogP contribution in [0, 0.1) is 5.82 Å². The third-order valence-electron chi connectivity index (χ3n) is 4.62. The Kier molecular flexibility index (Phi) is 4.36. The number of carbonyl (C=O) groups excluding carboxylic acids is 1. The number of oxime groups is 1. The van der Waals surface area contributed by atoms with Gasteiger partial charge in [-0.05, 0) is 40.0 Å². The van der Waals surface area contributed by atoms with Crippen LogP contribution in [0.15, 0.2) is 28.0 Å². The summed E-state index contributed by atoms with van der Waals surface area (Å²) in [6, 6.07) is 4.28. The molecule has 1 aliphatic carbocycles. The molecule has 0 saturated carbocycles. The molecule has 1 atom stereocenters. The first-order valence-electron chi connectivity index (χ1n) is 8.24. The van der Waals surface area contributed by atoms with Gasteiger partial charge in [0, 0.05) is 0 Å². The number of carbonyl (C=O) groups is 1. The summed E-state index contributed by atoms with van der Waals surface area (Å²) in [6.07, 6.45) is 0.293. The van der Waals surface area contributed by atoms with E-state index in [0.717, 1.165) is 11.1 Å². The third-order valence-corrected chi connectivity index (χ3v) is 4.62. The minimum absolute atomic E-state index is 0.00943. The Morgan fingerprint density at radius 1 is 1.44 bits per heavy atom. The molecule has 2 aliphatic rings. The van der Waals surface area contributed by atoms with Gasteiger partial charge >= 0.3 is 0 Å². The molecule has 1 aliphatic heterocycles. The fourth-order valence-corrected chi connectivity index (χ4v) is 3.09. The first-order chi connectivity index (χ1) is 13.1. The molecule has 2 heterocycles. The summed E-state index contributed by atoms with van der Waals surface area (Å²) in [5.74, 6) is -0.741. The molecule has 1 aromatic heterocycles. The molecule has 10 nitrogen and oxygen atoms in total. The summed E-state index contributed by atoms with van der Waals surface area (Å²) in [7, 11) is 0. The Morgan fingerprint density at radius 2 is 2.26 bits per heavy atom. The van der Waals surface area contributed by atoms with Crippen molar-refractivity contribution in [2.45, 2.75) is 18.6 Å². The normalized spacial score (nSPS) is 19.1. The summed E-state index contributed by atoms with van der Waals surface area (Å²) in [5.41, 5.74) is 1.84. The molecule has 2 aromatic rings. The maximum atomic E-state index is 13.4. The first kappa shape index (κ1) is 17.2. The van der Waals surface area contributed by atoms with Crippen molar-refractivity contribution in [3.8, 4) is 5.88 Å². The lowest BCUT2D eigenvalue weighted by Crippen LogP contribution is -2.57. The molecule has 1 fully saturated rings. The summed E-state index contributed by atoms with van der Waals surface area (Å²) in [6.45, 7) is 0.0260. The number of fused-ring (bicyclic) bond motifs is 1. The van der Waals surface area contributed by atoms with Crippen LogP contribution < -0.4 is 10.1 Å². The van der Waals surface area contributed by atoms with E-state index in [9.17, 15) is 14.4 Å². The Labute approximate surface area is 152 Å². The van der Waals surface area contributed by atoms with Gasteiger partial charge in [0.05, 0.1) is 19.1 Å². The van der Waals surface area contributed by atoms with Crippen molar-refractivity contribution in [2.24, 2.45) is 5.16 Å². The van der Waals surface area contributed by atoms with Crippen LogP contribution in [0.3, 0.4) is 0 Å². The van der Waals surface area contributed by atoms with Crippen LogP contribution in [-0.2, 0) is 11.2 Å². The van der Waals surface area contributed by atoms with Crippen molar-refractivity contribution in [3.05, 3.63) is 40.8 Å². The standard InChI is InChI=1S/C16H16FN5O5/c17-9-2-1-8-3-12(11(8)4-9)18-15(19-25)14-16(21-27-20-14)26-10-5-22(6-10)13(24)7-23/h1-2,4,10,12,23,25H,3,5-7H2,(H,18,19)/t12-/m0/s1. The van der Waals surface area contributed by atoms with Gasteiger partial charge in [0.25, 0.3) is 5.88 Å². The fraction of sp³-hybridized carbons (Fsp3) is 0.375. The van der Waals surface area contributed by atoms with E-state index in [0.29, 0.717) is 19.5 Å². The van der Waals surface area contributed by atoms with Crippen LogP contribution >= 0.6 is 0 Å². The topological polar surface area (TPSA) is 133 Å². The van der Waals surface area contributed by atoms with Crippen LogP contribution in [0.25, 0.3) is 0 Å². The molecule has 0 unspecified atom stereocenters. The summed E-state index contributed by atoms with van der Waals surface area (Å²) < 4.78 is 23.7. The zero-order chi connectivity index (χ0) is 19.0. The number of nitrogens with one attached hydrogen (secondary N) is 1. The average Bonchev–Trinajstić information content (AvgIpc) is 3.08. The zero-order valence-electron chi connectivity index (χ0n) is 14.0. The minimum atomic E-state index is -0.557. The molecule has 1 aromatic carbocycles. The molecule has 11 heteroatoms. The largest absolute Gasteiger partial charge is 0.467 e. The Bertz CT molecular complexity index is 895. The number of likely N-dealkylation sites (tertiary alicyclic amines) is 1. The second kappa shape index (κ2) is 6.83. The predicted molar refractivity (Wildman–Crippen MR) is 86.7 cm³/mol. The van der Waals surface area contributed by atoms with Crippen molar-refractivity contribution in [1.29, 1.82) is 0 Å². The van der Waals surface area contributed by atoms with E-state index >= 15 is 0 Å². The lowest BCUT2D eigenvalue weighted by atomic mass is 9.83. The van der Waals surface area contributed by atoms with E-state index in [4.69, 9.17) is 9.84 Å². The smallest absolute Gasteiger partial charge is 0.287 e. The van der Waals surface area contributed by atoms with E-state index in [1.54, 1.807) is 6.07 Å². The van der Waals surface area contributed by atoms with E-state index in [1.165, 1.54) is 17.0 Å². The average molecular weight is 377 g/mol. The lowest BCUT2D eigenvalue weighted by Gasteiger charge is -2.38. The van der Waals surface area contributed by atoms with Gasteiger partial charge in [-0.3, -0.25) is 4.79 Å². The molecular weight excluding hydrogens is 361 g/mol. The molecule has 1 amide bonds. The monoisotopic (exact) mass is 377 g/mol. The maximum Gasteiger partial charge on any atom is 0.287 e. The SMILES string of the molecule is O=C(CO)N1CC(Oc2nonc2/C(=N/O)N[C@H]2Cc3ccc(F)cc32)C1. The highest BCUT2D eigenvalue weighted by Gasteiger charge is 2.35. The molecule has 1 saturated heterocycles. The van der Waals surface area contributed by atoms with Gasteiger partial charge in [-0.15, -0.1) is 0 Å². The molecule has 0 radical (unpaired) electrons. The minimum Gasteiger partial charge on any atom is -0.467 e. The molecule has 4 rings (SSSR count). The third kappa shape index (κ3) is 3.16. The summed E-state index contributed by atoms with van der Waals surface area (Å²) in [5, 5.41) is 31.7. The highest BCUT2D eigenvalue weighted by Crippen LogP contribution is 2.34. The van der Waals surface area contributed by atoms with Crippen molar-refractivity contribution < 1.29 is 28.9 Å². The highest BCUT2D eigenvalue weighted by atomic mass is 19.1. The van der Waals surface area contributed by atoms with Gasteiger partial charge in [-0.25, -0.2) is 9.02 Å². The molecule has 0 spiro atoms. The van der Waals surface area contributed by atoms with Gasteiger partial charge in [0.15, 0.2) is 0 Å². The number of amides is 1. The van der Waals surface area contributed by atoms with Crippen molar-refractivity contribution >= 4 is 11.7 Å². The second-order valence-electron chi connectivity index (χ2n) is 6.31. The zero-order valence-corrected chi connectivity index (χ0v) is 14.0. The van der Waals surface area contributed by atoms with Gasteiger partial charge in [0.2, 0.25) is 17.4 Å². The lowest BCUT2D eigenvalue weighted by molar-refractivity contribution is -0.143. The van der Waals surface area contributed by atoms with Crippen LogP contribution in [0.2, 0.25) is 0 Å². The van der Waals surface area contributed by atoms with Crippen LogP contribution in [0.1, 0.15) is 22.9 Å². The number of hydrogen-bond acceptors (Lipinski definition) is 8. The van der Waals surface area contributed by atoms with Crippen LogP contribution in [0.4, 0.5) is 4.39 Å². The Hall–Kier alpha value is -3.21. The van der Waals surface area contributed by atoms with Gasteiger partial charge in [-0.2, -0.15) is 0 Å². The Balaban J connectivity index is 1.41. The number of benzene rings is 1. The van der Waals surface area contributed by atoms with E-state index in [1.807, 2.05) is 0 Å². The van der Waals surface area contributed by atoms with Crippen LogP contribution in [-0.4, -0.2) is 63.1 Å². The van der Waals surface area contributed by atoms with E-state index < -0.39 is 6.61 Å². The predicted octanol–water partition coefficient (Wildman–Crippen LogP) is -0.187. The van der Waals surface area contributed by atoms with Crippen molar-refractivity contribution in [2.75, 3.05) is 19.7 Å². The molecule has 0 bridgehead atoms. The number of aliphatic hydroxyl groups is 1. The highest BCUT2D eigenvalue weighted by molar-refractivity contribution is 5.98. The molecule has 142 valence electrons. The van der Waals surface area contributed by atoms with Crippen molar-refractivity contribution in [1.82, 2.24) is 20.5 Å². The number of halogens is 1. The van der Waals surface area contributed by atoms with Gasteiger partial charge in [0.1, 0.15) is 18.5 Å². The fourth-order valence-electron chi connectivity index (χ4n) is 3.09. The van der Waals surface area contributed by atoms with E-state index in [2.05, 4.69) is 25.4 Å². The van der Waals surface area contributed by atoms with Gasteiger partial charge in [-0.1, -0.05) is 11.2 Å². The second-order valence-corrected chi connectivity index (χ2v) is 6.31. The summed E-state index contributed by atoms with van der Waals surface area (Å²) >= 11 is 0. The molecular formula is C16H16FN5O5. The van der Waals surface area contributed by atoms with Crippen LogP contribution in [0.5, 0.6) is 5.88 Å². The number of nitrogens with zero attached hydrogens (tertiary/aromatic N) is 4. The number of aliphatic hydroxyl groups excluding tert-OH is 1.